The molecule has 0 aromatic carbocycles. The molecule has 0 bridgehead atoms. The van der Waals surface area contributed by atoms with Crippen molar-refractivity contribution in [1.82, 2.24) is 5.06 Å². The number of carbonyl (C=O) groups excluding carboxylic acids is 1. The molecule has 2 atom stereocenters. The molecule has 0 aromatic heterocycles. The highest BCUT2D eigenvalue weighted by Crippen LogP contribution is 2.16. The Morgan fingerprint density at radius 2 is 2.46 bits per heavy atom. The van der Waals surface area contributed by atoms with Gasteiger partial charge in [-0.25, -0.2) is 5.06 Å². The molecule has 0 aliphatic carbocycles. The highest BCUT2D eigenvalue weighted by Gasteiger charge is 2.32. The summed E-state index contributed by atoms with van der Waals surface area (Å²) in [6.45, 7) is 1.61. The molecule has 74 valence electrons. The topological polar surface area (TPSA) is 64.8 Å². The van der Waals surface area contributed by atoms with E-state index in [-0.39, 0.29) is 12.0 Å². The molecule has 13 heavy (non-hydrogen) atoms. The first-order chi connectivity index (χ1) is 6.27. The van der Waals surface area contributed by atoms with Gasteiger partial charge in [-0.15, -0.1) is 0 Å². The molecule has 0 saturated carbocycles. The van der Waals surface area contributed by atoms with E-state index < -0.39 is 6.04 Å². The molecule has 1 unspecified atom stereocenters. The van der Waals surface area contributed by atoms with Gasteiger partial charge in [-0.05, 0) is 12.8 Å². The van der Waals surface area contributed by atoms with Crippen LogP contribution in [0.4, 0.5) is 0 Å². The van der Waals surface area contributed by atoms with E-state index in [4.69, 9.17) is 15.3 Å². The van der Waals surface area contributed by atoms with Gasteiger partial charge in [0.15, 0.2) is 0 Å². The average Bonchev–Trinajstić information content (AvgIpc) is 2.71. The van der Waals surface area contributed by atoms with E-state index in [1.807, 2.05) is 0 Å². The van der Waals surface area contributed by atoms with Crippen molar-refractivity contribution in [3.63, 3.8) is 0 Å². The van der Waals surface area contributed by atoms with Crippen molar-refractivity contribution in [2.24, 2.45) is 5.73 Å². The zero-order valence-corrected chi connectivity index (χ0v) is 7.44. The van der Waals surface area contributed by atoms with Crippen LogP contribution in [0.25, 0.3) is 0 Å². The minimum Gasteiger partial charge on any atom is -0.376 e. The Balaban J connectivity index is 1.84. The SMILES string of the molecule is N[C@@H]1CON(CC2CCCO2)C1=O. The van der Waals surface area contributed by atoms with Gasteiger partial charge in [0.25, 0.3) is 5.91 Å². The molecular weight excluding hydrogens is 172 g/mol. The van der Waals surface area contributed by atoms with Crippen molar-refractivity contribution in [1.29, 1.82) is 0 Å². The van der Waals surface area contributed by atoms with Crippen LogP contribution in [0.2, 0.25) is 0 Å². The summed E-state index contributed by atoms with van der Waals surface area (Å²) in [5.74, 6) is -0.129. The summed E-state index contributed by atoms with van der Waals surface area (Å²) in [4.78, 5) is 16.4. The third-order valence-corrected chi connectivity index (χ3v) is 2.37. The van der Waals surface area contributed by atoms with Gasteiger partial charge >= 0.3 is 0 Å². The van der Waals surface area contributed by atoms with Crippen LogP contribution in [0.15, 0.2) is 0 Å². The molecular formula is C8H14N2O3. The van der Waals surface area contributed by atoms with E-state index in [9.17, 15) is 4.79 Å². The number of hydroxylamine groups is 2. The number of rotatable bonds is 2. The second kappa shape index (κ2) is 3.61. The van der Waals surface area contributed by atoms with Gasteiger partial charge < -0.3 is 10.5 Å². The molecule has 0 aromatic rings. The smallest absolute Gasteiger partial charge is 0.265 e. The van der Waals surface area contributed by atoms with Gasteiger partial charge in [0.05, 0.1) is 19.3 Å². The first kappa shape index (κ1) is 8.93. The maximum atomic E-state index is 11.3. The monoisotopic (exact) mass is 186 g/mol. The number of hydrogen-bond donors (Lipinski definition) is 1. The van der Waals surface area contributed by atoms with Crippen molar-refractivity contribution < 1.29 is 14.4 Å². The van der Waals surface area contributed by atoms with Crippen LogP contribution in [-0.2, 0) is 14.4 Å². The van der Waals surface area contributed by atoms with E-state index >= 15 is 0 Å². The Bertz CT molecular complexity index is 204. The lowest BCUT2D eigenvalue weighted by molar-refractivity contribution is -0.168. The summed E-state index contributed by atoms with van der Waals surface area (Å²) >= 11 is 0. The molecule has 2 fully saturated rings. The number of hydrogen-bond acceptors (Lipinski definition) is 4. The van der Waals surface area contributed by atoms with Crippen LogP contribution in [0.5, 0.6) is 0 Å². The molecule has 2 aliphatic heterocycles. The molecule has 1 amide bonds. The number of carbonyl (C=O) groups is 1. The Kier molecular flexibility index (Phi) is 2.48. The molecule has 5 heteroatoms. The fourth-order valence-electron chi connectivity index (χ4n) is 1.61. The minimum atomic E-state index is -0.485. The molecule has 2 heterocycles. The standard InChI is InChI=1S/C8H14N2O3/c9-7-5-13-10(8(7)11)4-6-2-1-3-12-6/h6-7H,1-5,9H2/t6?,7-/m1/s1. The van der Waals surface area contributed by atoms with Crippen LogP contribution < -0.4 is 5.73 Å². The van der Waals surface area contributed by atoms with Crippen LogP contribution in [0.3, 0.4) is 0 Å². The first-order valence-corrected chi connectivity index (χ1v) is 4.59. The first-order valence-electron chi connectivity index (χ1n) is 4.59. The van der Waals surface area contributed by atoms with Crippen molar-refractivity contribution >= 4 is 5.91 Å². The fourth-order valence-corrected chi connectivity index (χ4v) is 1.61. The summed E-state index contributed by atoms with van der Waals surface area (Å²) in [5.41, 5.74) is 5.49. The van der Waals surface area contributed by atoms with Crippen LogP contribution in [-0.4, -0.2) is 42.9 Å². The third-order valence-electron chi connectivity index (χ3n) is 2.37. The normalized spacial score (nSPS) is 34.5. The Morgan fingerprint density at radius 1 is 1.62 bits per heavy atom. The quantitative estimate of drug-likeness (QED) is 0.617. The van der Waals surface area contributed by atoms with E-state index in [1.165, 1.54) is 5.06 Å². The molecule has 5 nitrogen and oxygen atoms in total. The highest BCUT2D eigenvalue weighted by atomic mass is 16.7. The predicted molar refractivity (Wildman–Crippen MR) is 44.6 cm³/mol. The van der Waals surface area contributed by atoms with E-state index in [0.717, 1.165) is 19.4 Å². The second-order valence-electron chi connectivity index (χ2n) is 3.44. The number of ether oxygens (including phenoxy) is 1. The van der Waals surface area contributed by atoms with Crippen LogP contribution in [0, 0.1) is 0 Å². The lowest BCUT2D eigenvalue weighted by Gasteiger charge is -2.17. The largest absolute Gasteiger partial charge is 0.376 e. The zero-order valence-electron chi connectivity index (χ0n) is 7.44. The lowest BCUT2D eigenvalue weighted by Crippen LogP contribution is -2.38. The Labute approximate surface area is 76.7 Å². The molecule has 2 saturated heterocycles. The molecule has 2 rings (SSSR count). The van der Waals surface area contributed by atoms with Crippen LogP contribution in [0.1, 0.15) is 12.8 Å². The summed E-state index contributed by atoms with van der Waals surface area (Å²) in [5, 5.41) is 1.33. The fraction of sp³-hybridized carbons (Fsp3) is 0.875. The number of nitrogens with two attached hydrogens (primary N) is 1. The van der Waals surface area contributed by atoms with Crippen molar-refractivity contribution in [3.05, 3.63) is 0 Å². The summed E-state index contributed by atoms with van der Waals surface area (Å²) in [6, 6.07) is -0.485. The van der Waals surface area contributed by atoms with Gasteiger partial charge in [0.2, 0.25) is 0 Å². The van der Waals surface area contributed by atoms with Crippen molar-refractivity contribution in [2.75, 3.05) is 19.8 Å². The van der Waals surface area contributed by atoms with Crippen molar-refractivity contribution in [3.8, 4) is 0 Å². The molecule has 0 spiro atoms. The van der Waals surface area contributed by atoms with E-state index in [1.54, 1.807) is 0 Å². The molecule has 0 radical (unpaired) electrons. The summed E-state index contributed by atoms with van der Waals surface area (Å²) in [7, 11) is 0. The Hall–Kier alpha value is -0.650. The highest BCUT2D eigenvalue weighted by molar-refractivity contribution is 5.82. The van der Waals surface area contributed by atoms with Gasteiger partial charge in [-0.3, -0.25) is 9.63 Å². The Morgan fingerprint density at radius 3 is 3.00 bits per heavy atom. The average molecular weight is 186 g/mol. The molecule has 2 aliphatic rings. The number of nitrogens with zero attached hydrogens (tertiary/aromatic N) is 1. The minimum absolute atomic E-state index is 0.129. The summed E-state index contributed by atoms with van der Waals surface area (Å²) < 4.78 is 5.38. The predicted octanol–water partition coefficient (Wildman–Crippen LogP) is -0.734. The molecule has 2 N–H and O–H groups in total. The van der Waals surface area contributed by atoms with E-state index in [2.05, 4.69) is 0 Å². The summed E-state index contributed by atoms with van der Waals surface area (Å²) in [6.07, 6.45) is 2.20. The number of amides is 1. The zero-order chi connectivity index (χ0) is 9.26. The lowest BCUT2D eigenvalue weighted by atomic mass is 10.2. The van der Waals surface area contributed by atoms with Gasteiger partial charge in [-0.1, -0.05) is 0 Å². The van der Waals surface area contributed by atoms with Gasteiger partial charge in [-0.2, -0.15) is 0 Å². The van der Waals surface area contributed by atoms with Crippen molar-refractivity contribution in [2.45, 2.75) is 25.0 Å². The van der Waals surface area contributed by atoms with E-state index in [0.29, 0.717) is 13.2 Å². The van der Waals surface area contributed by atoms with Gasteiger partial charge in [0.1, 0.15) is 6.04 Å². The maximum Gasteiger partial charge on any atom is 0.265 e. The van der Waals surface area contributed by atoms with Gasteiger partial charge in [0, 0.05) is 6.61 Å². The third kappa shape index (κ3) is 1.82. The maximum absolute atomic E-state index is 11.3. The van der Waals surface area contributed by atoms with Crippen LogP contribution >= 0.6 is 0 Å². The second-order valence-corrected chi connectivity index (χ2v) is 3.44.